The third-order valence-corrected chi connectivity index (χ3v) is 3.41. The molecular formula is C14H18ClN3O2. The molecule has 0 aliphatic carbocycles. The first-order chi connectivity index (χ1) is 9.45. The number of aliphatic carboxylic acids is 1. The van der Waals surface area contributed by atoms with Crippen molar-refractivity contribution >= 4 is 28.7 Å². The monoisotopic (exact) mass is 295 g/mol. The van der Waals surface area contributed by atoms with E-state index in [2.05, 4.69) is 9.97 Å². The summed E-state index contributed by atoms with van der Waals surface area (Å²) in [5.41, 5.74) is 1.23. The van der Waals surface area contributed by atoms with Crippen LogP contribution in [-0.2, 0) is 11.2 Å². The van der Waals surface area contributed by atoms with Crippen molar-refractivity contribution < 1.29 is 9.90 Å². The minimum Gasteiger partial charge on any atom is -0.480 e. The molecule has 2 rings (SSSR count). The van der Waals surface area contributed by atoms with E-state index in [9.17, 15) is 9.90 Å². The SMILES string of the molecule is CCCc1nc2cc(Cl)cnc2n1C(C(=O)O)C(C)C. The van der Waals surface area contributed by atoms with Gasteiger partial charge in [-0.25, -0.2) is 14.8 Å². The van der Waals surface area contributed by atoms with Gasteiger partial charge in [0.15, 0.2) is 5.65 Å². The Balaban J connectivity index is 2.70. The Labute approximate surface area is 122 Å². The van der Waals surface area contributed by atoms with Crippen LogP contribution in [0.5, 0.6) is 0 Å². The van der Waals surface area contributed by atoms with Gasteiger partial charge in [-0.05, 0) is 18.4 Å². The van der Waals surface area contributed by atoms with E-state index < -0.39 is 12.0 Å². The average Bonchev–Trinajstić information content (AvgIpc) is 2.67. The Kier molecular flexibility index (Phi) is 4.28. The Morgan fingerprint density at radius 3 is 2.75 bits per heavy atom. The maximum absolute atomic E-state index is 11.6. The van der Waals surface area contributed by atoms with Crippen molar-refractivity contribution in [2.45, 2.75) is 39.7 Å². The van der Waals surface area contributed by atoms with Gasteiger partial charge < -0.3 is 5.11 Å². The lowest BCUT2D eigenvalue weighted by Gasteiger charge is -2.20. The van der Waals surface area contributed by atoms with E-state index in [0.29, 0.717) is 22.6 Å². The summed E-state index contributed by atoms with van der Waals surface area (Å²) < 4.78 is 1.74. The van der Waals surface area contributed by atoms with Crippen molar-refractivity contribution in [3.8, 4) is 0 Å². The maximum atomic E-state index is 11.6. The minimum absolute atomic E-state index is 0.0574. The number of carbonyl (C=O) groups is 1. The molecule has 108 valence electrons. The van der Waals surface area contributed by atoms with Crippen molar-refractivity contribution in [2.75, 3.05) is 0 Å². The standard InChI is InChI=1S/C14H18ClN3O2/c1-4-5-11-17-10-6-9(15)7-16-13(10)18(11)12(8(2)3)14(19)20/h6-8,12H,4-5H2,1-3H3,(H,19,20). The molecule has 1 atom stereocenters. The molecule has 6 heteroatoms. The molecule has 2 aromatic rings. The second-order valence-electron chi connectivity index (χ2n) is 5.17. The van der Waals surface area contributed by atoms with Gasteiger partial charge in [0.25, 0.3) is 0 Å². The number of rotatable bonds is 5. The number of pyridine rings is 1. The van der Waals surface area contributed by atoms with Crippen molar-refractivity contribution in [2.24, 2.45) is 5.92 Å². The summed E-state index contributed by atoms with van der Waals surface area (Å²) in [5.74, 6) is -0.176. The summed E-state index contributed by atoms with van der Waals surface area (Å²) >= 11 is 5.93. The number of aryl methyl sites for hydroxylation is 1. The number of halogens is 1. The fourth-order valence-corrected chi connectivity index (χ4v) is 2.54. The first-order valence-electron chi connectivity index (χ1n) is 6.70. The van der Waals surface area contributed by atoms with E-state index >= 15 is 0 Å². The van der Waals surface area contributed by atoms with E-state index in [1.807, 2.05) is 20.8 Å². The second-order valence-corrected chi connectivity index (χ2v) is 5.61. The lowest BCUT2D eigenvalue weighted by molar-refractivity contribution is -0.142. The van der Waals surface area contributed by atoms with Gasteiger partial charge >= 0.3 is 5.97 Å². The Morgan fingerprint density at radius 1 is 1.50 bits per heavy atom. The number of carboxylic acid groups (broad SMARTS) is 1. The molecule has 0 saturated heterocycles. The van der Waals surface area contributed by atoms with Gasteiger partial charge in [0.1, 0.15) is 17.4 Å². The second kappa shape index (κ2) is 5.79. The van der Waals surface area contributed by atoms with E-state index in [1.54, 1.807) is 10.6 Å². The number of nitrogens with zero attached hydrogens (tertiary/aromatic N) is 3. The molecule has 1 N–H and O–H groups in total. The van der Waals surface area contributed by atoms with Crippen LogP contribution >= 0.6 is 11.6 Å². The summed E-state index contributed by atoms with van der Waals surface area (Å²) in [6.45, 7) is 5.81. The van der Waals surface area contributed by atoms with Crippen molar-refractivity contribution in [3.05, 3.63) is 23.1 Å². The smallest absolute Gasteiger partial charge is 0.327 e. The molecule has 0 amide bonds. The molecule has 0 aromatic carbocycles. The summed E-state index contributed by atoms with van der Waals surface area (Å²) in [4.78, 5) is 20.4. The molecule has 0 bridgehead atoms. The van der Waals surface area contributed by atoms with Crippen LogP contribution in [0.15, 0.2) is 12.3 Å². The number of hydrogen-bond acceptors (Lipinski definition) is 3. The molecular weight excluding hydrogens is 278 g/mol. The lowest BCUT2D eigenvalue weighted by atomic mass is 10.0. The van der Waals surface area contributed by atoms with Gasteiger partial charge in [-0.1, -0.05) is 32.4 Å². The Bertz CT molecular complexity index is 637. The van der Waals surface area contributed by atoms with Gasteiger partial charge in [-0.15, -0.1) is 0 Å². The van der Waals surface area contributed by atoms with Crippen molar-refractivity contribution in [1.29, 1.82) is 0 Å². The highest BCUT2D eigenvalue weighted by molar-refractivity contribution is 6.31. The summed E-state index contributed by atoms with van der Waals surface area (Å²) in [7, 11) is 0. The Morgan fingerprint density at radius 2 is 2.20 bits per heavy atom. The van der Waals surface area contributed by atoms with Crippen LogP contribution in [0.2, 0.25) is 5.02 Å². The first kappa shape index (κ1) is 14.8. The highest BCUT2D eigenvalue weighted by Gasteiger charge is 2.28. The maximum Gasteiger partial charge on any atom is 0.327 e. The first-order valence-corrected chi connectivity index (χ1v) is 7.08. The van der Waals surface area contributed by atoms with Crippen LogP contribution in [0, 0.1) is 5.92 Å². The number of carboxylic acids is 1. The van der Waals surface area contributed by atoms with Crippen molar-refractivity contribution in [1.82, 2.24) is 14.5 Å². The summed E-state index contributed by atoms with van der Waals surface area (Å²) in [5, 5.41) is 10.0. The molecule has 2 aromatic heterocycles. The van der Waals surface area contributed by atoms with Gasteiger partial charge in [0, 0.05) is 12.6 Å². The van der Waals surface area contributed by atoms with E-state index in [0.717, 1.165) is 12.2 Å². The lowest BCUT2D eigenvalue weighted by Crippen LogP contribution is -2.26. The van der Waals surface area contributed by atoms with Gasteiger partial charge in [-0.2, -0.15) is 0 Å². The molecule has 0 aliphatic rings. The fourth-order valence-electron chi connectivity index (χ4n) is 2.39. The molecule has 0 radical (unpaired) electrons. The predicted molar refractivity (Wildman–Crippen MR) is 78.0 cm³/mol. The van der Waals surface area contributed by atoms with E-state index in [-0.39, 0.29) is 5.92 Å². The quantitative estimate of drug-likeness (QED) is 0.919. The van der Waals surface area contributed by atoms with Crippen LogP contribution in [-0.4, -0.2) is 25.6 Å². The number of hydrogen-bond donors (Lipinski definition) is 1. The topological polar surface area (TPSA) is 68.0 Å². The Hall–Kier alpha value is -1.62. The van der Waals surface area contributed by atoms with Crippen molar-refractivity contribution in [3.63, 3.8) is 0 Å². The van der Waals surface area contributed by atoms with Crippen LogP contribution in [0.4, 0.5) is 0 Å². The zero-order valence-corrected chi connectivity index (χ0v) is 12.6. The molecule has 1 unspecified atom stereocenters. The number of imidazole rings is 1. The van der Waals surface area contributed by atoms with E-state index in [1.165, 1.54) is 6.20 Å². The van der Waals surface area contributed by atoms with E-state index in [4.69, 9.17) is 11.6 Å². The molecule has 0 saturated carbocycles. The van der Waals surface area contributed by atoms with Crippen LogP contribution < -0.4 is 0 Å². The largest absolute Gasteiger partial charge is 0.480 e. The fraction of sp³-hybridized carbons (Fsp3) is 0.500. The number of fused-ring (bicyclic) bond motifs is 1. The van der Waals surface area contributed by atoms with Gasteiger partial charge in [-0.3, -0.25) is 4.57 Å². The third-order valence-electron chi connectivity index (χ3n) is 3.21. The van der Waals surface area contributed by atoms with Gasteiger partial charge in [0.2, 0.25) is 0 Å². The summed E-state index contributed by atoms with van der Waals surface area (Å²) in [6, 6.07) is 1.05. The zero-order valence-electron chi connectivity index (χ0n) is 11.8. The molecule has 20 heavy (non-hydrogen) atoms. The molecule has 2 heterocycles. The molecule has 5 nitrogen and oxygen atoms in total. The summed E-state index contributed by atoms with van der Waals surface area (Å²) in [6.07, 6.45) is 3.13. The predicted octanol–water partition coefficient (Wildman–Crippen LogP) is 3.32. The van der Waals surface area contributed by atoms with Gasteiger partial charge in [0.05, 0.1) is 5.02 Å². The normalized spacial score (nSPS) is 13.1. The third kappa shape index (κ3) is 2.63. The van der Waals surface area contributed by atoms with Crippen LogP contribution in [0.25, 0.3) is 11.2 Å². The van der Waals surface area contributed by atoms with Crippen LogP contribution in [0.1, 0.15) is 39.1 Å². The molecule has 0 fully saturated rings. The molecule has 0 aliphatic heterocycles. The minimum atomic E-state index is -0.867. The highest BCUT2D eigenvalue weighted by Crippen LogP contribution is 2.27. The zero-order chi connectivity index (χ0) is 14.9. The van der Waals surface area contributed by atoms with Crippen LogP contribution in [0.3, 0.4) is 0 Å². The molecule has 0 spiro atoms. The highest BCUT2D eigenvalue weighted by atomic mass is 35.5. The average molecular weight is 296 g/mol. The number of aromatic nitrogens is 3.